The van der Waals surface area contributed by atoms with Crippen LogP contribution in [-0.4, -0.2) is 55.8 Å². The van der Waals surface area contributed by atoms with Gasteiger partial charge in [-0.15, -0.1) is 11.8 Å². The molecule has 1 aliphatic heterocycles. The van der Waals surface area contributed by atoms with E-state index in [0.717, 1.165) is 19.3 Å². The number of hydrogen-bond donors (Lipinski definition) is 4. The van der Waals surface area contributed by atoms with Gasteiger partial charge in [-0.25, -0.2) is 0 Å². The summed E-state index contributed by atoms with van der Waals surface area (Å²) in [5.41, 5.74) is 0. The Hall–Kier alpha value is 0.190. The third-order valence-electron chi connectivity index (χ3n) is 3.60. The van der Waals surface area contributed by atoms with Crippen molar-refractivity contribution in [3.8, 4) is 0 Å². The zero-order valence-electron chi connectivity index (χ0n) is 9.07. The van der Waals surface area contributed by atoms with Crippen molar-refractivity contribution in [1.29, 1.82) is 0 Å². The predicted octanol–water partition coefficient (Wildman–Crippen LogP) is -0.450. The standard InChI is InChI=1S/C11H19O4S/c12-5-7-8(13)9(14)10(15)11(16-7)6-3-1-2-4-6/h1,6-15H,2-5H2/t6?,7-,8-,9-,10+,11+/m0/s1. The van der Waals surface area contributed by atoms with E-state index < -0.39 is 18.3 Å². The molecule has 2 aliphatic rings. The highest BCUT2D eigenvalue weighted by Gasteiger charge is 2.46. The van der Waals surface area contributed by atoms with E-state index in [1.807, 2.05) is 0 Å². The molecule has 0 aromatic rings. The fraction of sp³-hybridized carbons (Fsp3) is 0.909. The third-order valence-corrected chi connectivity index (χ3v) is 5.36. The van der Waals surface area contributed by atoms with E-state index in [-0.39, 0.29) is 17.1 Å². The summed E-state index contributed by atoms with van der Waals surface area (Å²) in [5, 5.41) is 38.1. The molecule has 1 heterocycles. The first-order valence-electron chi connectivity index (χ1n) is 5.77. The van der Waals surface area contributed by atoms with Gasteiger partial charge in [0, 0.05) is 5.25 Å². The second-order valence-electron chi connectivity index (χ2n) is 4.66. The fourth-order valence-electron chi connectivity index (χ4n) is 2.60. The van der Waals surface area contributed by atoms with Gasteiger partial charge in [0.25, 0.3) is 0 Å². The number of hydrogen-bond acceptors (Lipinski definition) is 5. The summed E-state index contributed by atoms with van der Waals surface area (Å²) in [4.78, 5) is 0. The number of aliphatic hydroxyl groups is 4. The van der Waals surface area contributed by atoms with Crippen LogP contribution < -0.4 is 0 Å². The molecule has 4 N–H and O–H groups in total. The van der Waals surface area contributed by atoms with Crippen LogP contribution in [0.25, 0.3) is 0 Å². The average Bonchev–Trinajstić information content (AvgIpc) is 2.80. The Morgan fingerprint density at radius 1 is 1.12 bits per heavy atom. The third kappa shape index (κ3) is 2.24. The smallest absolute Gasteiger partial charge is 0.108 e. The molecule has 1 unspecified atom stereocenters. The molecule has 0 spiro atoms. The van der Waals surface area contributed by atoms with E-state index in [2.05, 4.69) is 6.42 Å². The molecule has 1 radical (unpaired) electrons. The van der Waals surface area contributed by atoms with Crippen LogP contribution in [-0.2, 0) is 0 Å². The van der Waals surface area contributed by atoms with Gasteiger partial charge in [-0.1, -0.05) is 0 Å². The number of rotatable bonds is 2. The SMILES string of the molecule is OC[C@@H]1S[C@H](C2C[CH]CC2)[C@H](O)[C@@H](O)[C@H]1O. The molecule has 5 heteroatoms. The second kappa shape index (κ2) is 5.23. The lowest BCUT2D eigenvalue weighted by molar-refractivity contribution is -0.0742. The Labute approximate surface area is 99.7 Å². The van der Waals surface area contributed by atoms with Crippen LogP contribution in [0.4, 0.5) is 0 Å². The molecule has 16 heavy (non-hydrogen) atoms. The summed E-state index contributed by atoms with van der Waals surface area (Å²) in [6, 6.07) is 0. The highest BCUT2D eigenvalue weighted by molar-refractivity contribution is 8.00. The molecule has 93 valence electrons. The van der Waals surface area contributed by atoms with Crippen molar-refractivity contribution >= 4 is 11.8 Å². The molecule has 0 amide bonds. The Balaban J connectivity index is 2.06. The van der Waals surface area contributed by atoms with Gasteiger partial charge in [0.2, 0.25) is 0 Å². The largest absolute Gasteiger partial charge is 0.395 e. The fourth-order valence-corrected chi connectivity index (χ4v) is 4.20. The first-order chi connectivity index (χ1) is 7.65. The average molecular weight is 247 g/mol. The molecule has 0 aromatic carbocycles. The molecule has 1 saturated carbocycles. The zero-order chi connectivity index (χ0) is 11.7. The Kier molecular flexibility index (Phi) is 4.13. The van der Waals surface area contributed by atoms with Crippen molar-refractivity contribution in [2.24, 2.45) is 5.92 Å². The minimum absolute atomic E-state index is 0.0747. The maximum atomic E-state index is 9.96. The Morgan fingerprint density at radius 3 is 2.44 bits per heavy atom. The van der Waals surface area contributed by atoms with E-state index in [1.54, 1.807) is 0 Å². The Morgan fingerprint density at radius 2 is 1.88 bits per heavy atom. The highest BCUT2D eigenvalue weighted by atomic mass is 32.2. The summed E-state index contributed by atoms with van der Waals surface area (Å²) in [6.45, 7) is -0.164. The summed E-state index contributed by atoms with van der Waals surface area (Å²) in [5.74, 6) is 0.358. The van der Waals surface area contributed by atoms with Crippen molar-refractivity contribution in [1.82, 2.24) is 0 Å². The molecule has 2 rings (SSSR count). The lowest BCUT2D eigenvalue weighted by Crippen LogP contribution is -2.55. The molecule has 1 aliphatic carbocycles. The maximum Gasteiger partial charge on any atom is 0.108 e. The van der Waals surface area contributed by atoms with E-state index >= 15 is 0 Å². The van der Waals surface area contributed by atoms with Gasteiger partial charge in [0.1, 0.15) is 6.10 Å². The second-order valence-corrected chi connectivity index (χ2v) is 6.08. The number of aliphatic hydroxyl groups excluding tert-OH is 4. The number of thioether (sulfide) groups is 1. The van der Waals surface area contributed by atoms with Gasteiger partial charge in [-0.3, -0.25) is 0 Å². The molecule has 2 fully saturated rings. The lowest BCUT2D eigenvalue weighted by Gasteiger charge is -2.41. The summed E-state index contributed by atoms with van der Waals surface area (Å²) in [7, 11) is 0. The van der Waals surface area contributed by atoms with Crippen LogP contribution in [0.15, 0.2) is 0 Å². The van der Waals surface area contributed by atoms with Crippen LogP contribution in [0.3, 0.4) is 0 Å². The first-order valence-corrected chi connectivity index (χ1v) is 6.71. The van der Waals surface area contributed by atoms with Crippen LogP contribution in [0, 0.1) is 12.3 Å². The minimum atomic E-state index is -1.14. The zero-order valence-corrected chi connectivity index (χ0v) is 9.88. The van der Waals surface area contributed by atoms with E-state index in [9.17, 15) is 15.3 Å². The van der Waals surface area contributed by atoms with Crippen LogP contribution >= 0.6 is 11.8 Å². The lowest BCUT2D eigenvalue weighted by atomic mass is 9.92. The van der Waals surface area contributed by atoms with Gasteiger partial charge < -0.3 is 20.4 Å². The van der Waals surface area contributed by atoms with Crippen LogP contribution in [0.5, 0.6) is 0 Å². The molecular weight excluding hydrogens is 228 g/mol. The molecular formula is C11H19O4S. The van der Waals surface area contributed by atoms with Crippen molar-refractivity contribution < 1.29 is 20.4 Å². The molecule has 0 aromatic heterocycles. The maximum absolute atomic E-state index is 9.96. The van der Waals surface area contributed by atoms with Crippen LogP contribution in [0.2, 0.25) is 0 Å². The monoisotopic (exact) mass is 247 g/mol. The Bertz CT molecular complexity index is 230. The van der Waals surface area contributed by atoms with E-state index in [0.29, 0.717) is 5.92 Å². The van der Waals surface area contributed by atoms with Gasteiger partial charge in [-0.05, 0) is 31.6 Å². The van der Waals surface area contributed by atoms with Crippen molar-refractivity contribution in [3.63, 3.8) is 0 Å². The summed E-state index contributed by atoms with van der Waals surface area (Å²) >= 11 is 1.42. The highest BCUT2D eigenvalue weighted by Crippen LogP contribution is 2.42. The molecule has 1 saturated heterocycles. The summed E-state index contributed by atoms with van der Waals surface area (Å²) < 4.78 is 0. The predicted molar refractivity (Wildman–Crippen MR) is 61.9 cm³/mol. The van der Waals surface area contributed by atoms with Gasteiger partial charge in [0.15, 0.2) is 0 Å². The van der Waals surface area contributed by atoms with Crippen molar-refractivity contribution in [2.75, 3.05) is 6.61 Å². The quantitative estimate of drug-likeness (QED) is 0.531. The van der Waals surface area contributed by atoms with E-state index in [4.69, 9.17) is 5.11 Å². The minimum Gasteiger partial charge on any atom is -0.395 e. The van der Waals surface area contributed by atoms with Gasteiger partial charge in [0.05, 0.1) is 24.1 Å². The molecule has 4 nitrogen and oxygen atoms in total. The van der Waals surface area contributed by atoms with Crippen molar-refractivity contribution in [3.05, 3.63) is 6.42 Å². The molecule has 0 bridgehead atoms. The van der Waals surface area contributed by atoms with Crippen molar-refractivity contribution in [2.45, 2.75) is 48.1 Å². The first kappa shape index (κ1) is 12.6. The molecule has 6 atom stereocenters. The summed E-state index contributed by atoms with van der Waals surface area (Å²) in [6.07, 6.45) is 2.17. The van der Waals surface area contributed by atoms with E-state index in [1.165, 1.54) is 11.8 Å². The van der Waals surface area contributed by atoms with Crippen LogP contribution in [0.1, 0.15) is 19.3 Å². The topological polar surface area (TPSA) is 80.9 Å². The normalized spacial score (nSPS) is 46.1. The van der Waals surface area contributed by atoms with Gasteiger partial charge in [-0.2, -0.15) is 0 Å². The van der Waals surface area contributed by atoms with Gasteiger partial charge >= 0.3 is 0 Å².